The summed E-state index contributed by atoms with van der Waals surface area (Å²) in [7, 11) is -7.02. The molecule has 1 aliphatic heterocycles. The summed E-state index contributed by atoms with van der Waals surface area (Å²) in [6.45, 7) is 0.686. The second-order valence-electron chi connectivity index (χ2n) is 6.53. The predicted octanol–water partition coefficient (Wildman–Crippen LogP) is 2.39. The summed E-state index contributed by atoms with van der Waals surface area (Å²) in [4.78, 5) is 14.4. The molecule has 7 nitrogen and oxygen atoms in total. The van der Waals surface area contributed by atoms with Crippen molar-refractivity contribution in [2.75, 3.05) is 19.3 Å². The first-order valence-electron chi connectivity index (χ1n) is 8.42. The van der Waals surface area contributed by atoms with Gasteiger partial charge in [0.2, 0.25) is 10.0 Å². The third kappa shape index (κ3) is 4.74. The maximum Gasteiger partial charge on any atom is 0.255 e. The van der Waals surface area contributed by atoms with Crippen molar-refractivity contribution in [3.63, 3.8) is 0 Å². The minimum Gasteiger partial charge on any atom is -0.338 e. The van der Waals surface area contributed by atoms with Crippen LogP contribution in [0.3, 0.4) is 0 Å². The van der Waals surface area contributed by atoms with Crippen LogP contribution in [0, 0.1) is 0 Å². The third-order valence-corrected chi connectivity index (χ3v) is 8.82. The Kier molecular flexibility index (Phi) is 6.16. The molecule has 2 aromatic rings. The van der Waals surface area contributed by atoms with Crippen molar-refractivity contribution >= 4 is 48.7 Å². The van der Waals surface area contributed by atoms with Crippen molar-refractivity contribution < 1.29 is 21.6 Å². The standard InChI is InChI=1S/C17H19ClN2O5S3/c1-27(22,23)13-4-5-15(18)14(11-13)17(21)20-8-6-12(7-9-20)19-28(24,25)16-3-2-10-26-16/h2-5,10-12,19H,6-9H2,1H3. The number of likely N-dealkylation sites (tertiary alicyclic amines) is 1. The molecular formula is C17H19ClN2O5S3. The number of benzene rings is 1. The molecule has 1 amide bonds. The van der Waals surface area contributed by atoms with Crippen LogP contribution in [-0.4, -0.2) is 53.0 Å². The number of sulfone groups is 1. The van der Waals surface area contributed by atoms with Crippen LogP contribution in [0.2, 0.25) is 5.02 Å². The van der Waals surface area contributed by atoms with Gasteiger partial charge in [0.1, 0.15) is 4.21 Å². The fourth-order valence-corrected chi connectivity index (χ4v) is 6.12. The topological polar surface area (TPSA) is 101 Å². The molecule has 1 saturated heterocycles. The molecule has 0 atom stereocenters. The number of amides is 1. The Morgan fingerprint density at radius 3 is 2.43 bits per heavy atom. The van der Waals surface area contributed by atoms with Crippen molar-refractivity contribution in [2.24, 2.45) is 0 Å². The molecule has 1 aromatic heterocycles. The molecule has 2 heterocycles. The zero-order chi connectivity index (χ0) is 20.5. The number of nitrogens with zero attached hydrogens (tertiary/aromatic N) is 1. The molecule has 11 heteroatoms. The van der Waals surface area contributed by atoms with Crippen LogP contribution in [0.1, 0.15) is 23.2 Å². The number of rotatable bonds is 5. The summed E-state index contributed by atoms with van der Waals surface area (Å²) >= 11 is 7.25. The molecule has 0 bridgehead atoms. The van der Waals surface area contributed by atoms with Crippen LogP contribution in [0.5, 0.6) is 0 Å². The Bertz CT molecular complexity index is 1070. The fraction of sp³-hybridized carbons (Fsp3) is 0.353. The first-order valence-corrected chi connectivity index (χ1v) is 13.1. The average molecular weight is 463 g/mol. The summed E-state index contributed by atoms with van der Waals surface area (Å²) in [5.41, 5.74) is 0.127. The molecule has 1 N–H and O–H groups in total. The van der Waals surface area contributed by atoms with Gasteiger partial charge in [-0.05, 0) is 42.5 Å². The summed E-state index contributed by atoms with van der Waals surface area (Å²) in [6.07, 6.45) is 1.98. The van der Waals surface area contributed by atoms with Crippen LogP contribution in [0.4, 0.5) is 0 Å². The normalized spacial score (nSPS) is 16.3. The maximum atomic E-state index is 12.8. The molecule has 0 unspecified atom stereocenters. The van der Waals surface area contributed by atoms with Gasteiger partial charge in [0.25, 0.3) is 5.91 Å². The van der Waals surface area contributed by atoms with Crippen molar-refractivity contribution in [3.8, 4) is 0 Å². The van der Waals surface area contributed by atoms with Crippen LogP contribution in [0.25, 0.3) is 0 Å². The highest BCUT2D eigenvalue weighted by atomic mass is 35.5. The van der Waals surface area contributed by atoms with Gasteiger partial charge in [0.05, 0.1) is 15.5 Å². The number of nitrogens with one attached hydrogen (secondary N) is 1. The Morgan fingerprint density at radius 2 is 1.86 bits per heavy atom. The molecule has 28 heavy (non-hydrogen) atoms. The third-order valence-electron chi connectivity index (χ3n) is 4.46. The van der Waals surface area contributed by atoms with Gasteiger partial charge in [-0.15, -0.1) is 11.3 Å². The minimum absolute atomic E-state index is 0.0267. The molecular weight excluding hydrogens is 444 g/mol. The van der Waals surface area contributed by atoms with E-state index < -0.39 is 19.9 Å². The minimum atomic E-state index is -3.56. The zero-order valence-electron chi connectivity index (χ0n) is 15.0. The van der Waals surface area contributed by atoms with Crippen LogP contribution < -0.4 is 4.72 Å². The lowest BCUT2D eigenvalue weighted by molar-refractivity contribution is 0.0711. The first kappa shape index (κ1) is 21.3. The molecule has 1 fully saturated rings. The summed E-state index contributed by atoms with van der Waals surface area (Å²) in [5, 5.41) is 1.88. The molecule has 3 rings (SSSR count). The second-order valence-corrected chi connectivity index (χ2v) is 11.8. The zero-order valence-corrected chi connectivity index (χ0v) is 18.2. The Morgan fingerprint density at radius 1 is 1.18 bits per heavy atom. The number of halogens is 1. The van der Waals surface area contributed by atoms with Crippen molar-refractivity contribution in [3.05, 3.63) is 46.3 Å². The van der Waals surface area contributed by atoms with E-state index in [9.17, 15) is 21.6 Å². The second kappa shape index (κ2) is 8.11. The Balaban J connectivity index is 1.68. The predicted molar refractivity (Wildman–Crippen MR) is 108 cm³/mol. The van der Waals surface area contributed by atoms with Gasteiger partial charge >= 0.3 is 0 Å². The van der Waals surface area contributed by atoms with E-state index >= 15 is 0 Å². The lowest BCUT2D eigenvalue weighted by Crippen LogP contribution is -2.46. The number of piperidine rings is 1. The van der Waals surface area contributed by atoms with E-state index in [0.717, 1.165) is 17.6 Å². The van der Waals surface area contributed by atoms with Gasteiger partial charge in [0, 0.05) is 25.4 Å². The van der Waals surface area contributed by atoms with Gasteiger partial charge in [0.15, 0.2) is 9.84 Å². The SMILES string of the molecule is CS(=O)(=O)c1ccc(Cl)c(C(=O)N2CCC(NS(=O)(=O)c3cccs3)CC2)c1. The molecule has 1 aliphatic rings. The van der Waals surface area contributed by atoms with E-state index in [4.69, 9.17) is 11.6 Å². The van der Waals surface area contributed by atoms with E-state index in [2.05, 4.69) is 4.72 Å². The molecule has 0 spiro atoms. The van der Waals surface area contributed by atoms with Crippen molar-refractivity contribution in [1.29, 1.82) is 0 Å². The Labute approximate surface area is 173 Å². The van der Waals surface area contributed by atoms with Crippen molar-refractivity contribution in [1.82, 2.24) is 9.62 Å². The molecule has 0 aliphatic carbocycles. The quantitative estimate of drug-likeness (QED) is 0.735. The van der Waals surface area contributed by atoms with Gasteiger partial charge in [-0.3, -0.25) is 4.79 Å². The smallest absolute Gasteiger partial charge is 0.255 e. The van der Waals surface area contributed by atoms with Gasteiger partial charge in [-0.25, -0.2) is 21.6 Å². The van der Waals surface area contributed by atoms with E-state index in [1.165, 1.54) is 18.2 Å². The highest BCUT2D eigenvalue weighted by Gasteiger charge is 2.28. The van der Waals surface area contributed by atoms with Crippen LogP contribution >= 0.6 is 22.9 Å². The molecule has 1 aromatic carbocycles. The van der Waals surface area contributed by atoms with Gasteiger partial charge < -0.3 is 4.90 Å². The summed E-state index contributed by atoms with van der Waals surface area (Å²) in [6, 6.07) is 6.99. The molecule has 0 saturated carbocycles. The largest absolute Gasteiger partial charge is 0.338 e. The number of carbonyl (C=O) groups excluding carboxylic acids is 1. The van der Waals surface area contributed by atoms with Crippen molar-refractivity contribution in [2.45, 2.75) is 28.0 Å². The lowest BCUT2D eigenvalue weighted by Gasteiger charge is -2.32. The van der Waals surface area contributed by atoms with Gasteiger partial charge in [-0.2, -0.15) is 0 Å². The molecule has 152 valence electrons. The lowest BCUT2D eigenvalue weighted by atomic mass is 10.0. The van der Waals surface area contributed by atoms with E-state index in [0.29, 0.717) is 25.9 Å². The van der Waals surface area contributed by atoms with E-state index in [1.807, 2.05) is 0 Å². The van der Waals surface area contributed by atoms with E-state index in [1.54, 1.807) is 22.4 Å². The highest BCUT2D eigenvalue weighted by Crippen LogP contribution is 2.24. The number of thiophene rings is 1. The van der Waals surface area contributed by atoms with Crippen LogP contribution in [0.15, 0.2) is 44.8 Å². The number of sulfonamides is 1. The number of hydrogen-bond acceptors (Lipinski definition) is 6. The average Bonchev–Trinajstić information content (AvgIpc) is 3.16. The number of hydrogen-bond donors (Lipinski definition) is 1. The summed E-state index contributed by atoms with van der Waals surface area (Å²) < 4.78 is 51.0. The Hall–Kier alpha value is -1.46. The van der Waals surface area contributed by atoms with Crippen LogP contribution in [-0.2, 0) is 19.9 Å². The first-order chi connectivity index (χ1) is 13.1. The monoisotopic (exact) mass is 462 g/mol. The van der Waals surface area contributed by atoms with E-state index in [-0.39, 0.29) is 31.6 Å². The number of carbonyl (C=O) groups is 1. The summed E-state index contributed by atoms with van der Waals surface area (Å²) in [5.74, 6) is -0.366. The fourth-order valence-electron chi connectivity index (χ4n) is 2.96. The molecule has 0 radical (unpaired) electrons. The van der Waals surface area contributed by atoms with Gasteiger partial charge in [-0.1, -0.05) is 17.7 Å². The maximum absolute atomic E-state index is 12.8. The highest BCUT2D eigenvalue weighted by molar-refractivity contribution is 7.91.